The first-order valence-electron chi connectivity index (χ1n) is 8.51. The van der Waals surface area contributed by atoms with Crippen LogP contribution in [0.3, 0.4) is 0 Å². The number of pyridine rings is 2. The molecule has 3 heterocycles. The van der Waals surface area contributed by atoms with E-state index in [1.807, 2.05) is 36.4 Å². The Balaban J connectivity index is 1.91. The van der Waals surface area contributed by atoms with Crippen molar-refractivity contribution in [2.75, 3.05) is 0 Å². The summed E-state index contributed by atoms with van der Waals surface area (Å²) in [5, 5.41) is 1.64. The number of aryl methyl sites for hydroxylation is 2. The molecule has 136 valence electrons. The Morgan fingerprint density at radius 3 is 2.56 bits per heavy atom. The molecule has 0 aliphatic rings. The normalized spacial score (nSPS) is 12.4. The molecule has 0 amide bonds. The molecule has 2 N–H and O–H groups in total. The molecule has 4 nitrogen and oxygen atoms in total. The highest BCUT2D eigenvalue weighted by Crippen LogP contribution is 2.33. The van der Waals surface area contributed by atoms with Crippen molar-refractivity contribution in [3.8, 4) is 10.4 Å². The van der Waals surface area contributed by atoms with Gasteiger partial charge in [-0.25, -0.2) is 0 Å². The summed E-state index contributed by atoms with van der Waals surface area (Å²) < 4.78 is 1.61. The van der Waals surface area contributed by atoms with Crippen molar-refractivity contribution in [2.45, 2.75) is 13.0 Å². The average Bonchev–Trinajstić information content (AvgIpc) is 3.10. The molecule has 6 heteroatoms. The van der Waals surface area contributed by atoms with Crippen LogP contribution in [0.5, 0.6) is 0 Å². The van der Waals surface area contributed by atoms with Gasteiger partial charge in [0.05, 0.1) is 23.4 Å². The summed E-state index contributed by atoms with van der Waals surface area (Å²) in [6, 6.07) is 14.9. The van der Waals surface area contributed by atoms with Crippen LogP contribution >= 0.6 is 22.9 Å². The average molecular weight is 396 g/mol. The van der Waals surface area contributed by atoms with Crippen LogP contribution in [0.1, 0.15) is 22.2 Å². The van der Waals surface area contributed by atoms with E-state index in [9.17, 15) is 4.79 Å². The molecule has 4 rings (SSSR count). The molecule has 0 spiro atoms. The minimum atomic E-state index is -0.373. The van der Waals surface area contributed by atoms with Crippen LogP contribution in [0.15, 0.2) is 59.5 Å². The molecule has 0 fully saturated rings. The molecule has 0 radical (unpaired) electrons. The first-order valence-corrected chi connectivity index (χ1v) is 9.71. The maximum absolute atomic E-state index is 12.4. The Labute approximate surface area is 165 Å². The Hall–Kier alpha value is -2.47. The predicted molar refractivity (Wildman–Crippen MR) is 113 cm³/mol. The maximum Gasteiger partial charge on any atom is 0.251 e. The molecule has 0 aliphatic heterocycles. The largest absolute Gasteiger partial charge is 0.319 e. The topological polar surface area (TPSA) is 60.9 Å². The van der Waals surface area contributed by atoms with Gasteiger partial charge in [0, 0.05) is 38.8 Å². The smallest absolute Gasteiger partial charge is 0.251 e. The molecule has 4 aromatic rings. The van der Waals surface area contributed by atoms with Crippen LogP contribution in [-0.2, 0) is 7.05 Å². The molecule has 0 saturated carbocycles. The fourth-order valence-corrected chi connectivity index (χ4v) is 4.18. The van der Waals surface area contributed by atoms with E-state index < -0.39 is 0 Å². The van der Waals surface area contributed by atoms with Crippen LogP contribution in [0.4, 0.5) is 0 Å². The monoisotopic (exact) mass is 395 g/mol. The summed E-state index contributed by atoms with van der Waals surface area (Å²) in [7, 11) is 1.76. The Kier molecular flexibility index (Phi) is 4.60. The number of rotatable bonds is 3. The van der Waals surface area contributed by atoms with Crippen molar-refractivity contribution in [1.29, 1.82) is 0 Å². The van der Waals surface area contributed by atoms with Gasteiger partial charge in [-0.1, -0.05) is 23.7 Å². The lowest BCUT2D eigenvalue weighted by Gasteiger charge is -2.15. The number of benzene rings is 1. The lowest BCUT2D eigenvalue weighted by molar-refractivity contribution is 0.827. The summed E-state index contributed by atoms with van der Waals surface area (Å²) in [4.78, 5) is 19.2. The number of thiophene rings is 1. The van der Waals surface area contributed by atoms with Gasteiger partial charge in [0.1, 0.15) is 0 Å². The zero-order valence-electron chi connectivity index (χ0n) is 14.9. The number of hydrogen-bond donors (Lipinski definition) is 1. The van der Waals surface area contributed by atoms with Gasteiger partial charge in [0.2, 0.25) is 0 Å². The van der Waals surface area contributed by atoms with Gasteiger partial charge in [-0.3, -0.25) is 9.78 Å². The third-order valence-corrected chi connectivity index (χ3v) is 5.99. The van der Waals surface area contributed by atoms with Crippen molar-refractivity contribution in [3.05, 3.63) is 86.2 Å². The van der Waals surface area contributed by atoms with Crippen LogP contribution in [0.2, 0.25) is 5.02 Å². The van der Waals surface area contributed by atoms with Gasteiger partial charge >= 0.3 is 0 Å². The van der Waals surface area contributed by atoms with E-state index in [1.54, 1.807) is 35.2 Å². The van der Waals surface area contributed by atoms with E-state index in [0.717, 1.165) is 32.6 Å². The first-order chi connectivity index (χ1) is 12.9. The van der Waals surface area contributed by atoms with E-state index in [-0.39, 0.29) is 11.6 Å². The van der Waals surface area contributed by atoms with Gasteiger partial charge in [0.25, 0.3) is 5.56 Å². The number of fused-ring (bicyclic) bond motifs is 1. The Morgan fingerprint density at radius 1 is 1.15 bits per heavy atom. The number of nitrogens with two attached hydrogens (primary N) is 1. The summed E-state index contributed by atoms with van der Waals surface area (Å²) in [6.45, 7) is 2.06. The summed E-state index contributed by atoms with van der Waals surface area (Å²) in [5.41, 5.74) is 9.78. The third-order valence-electron chi connectivity index (χ3n) is 4.71. The standard InChI is InChI=1S/C21H18ClN3OS/c1-12-3-8-19(27-12)16-10-20(26)25(2)18-11-24-17(9-15(16)18)21(23)13-4-6-14(22)7-5-13/h3-11,21H,23H2,1-2H3. The van der Waals surface area contributed by atoms with Crippen molar-refractivity contribution in [3.63, 3.8) is 0 Å². The van der Waals surface area contributed by atoms with Crippen LogP contribution < -0.4 is 11.3 Å². The van der Waals surface area contributed by atoms with Gasteiger partial charge in [-0.2, -0.15) is 0 Å². The summed E-state index contributed by atoms with van der Waals surface area (Å²) in [5.74, 6) is 0. The number of halogens is 1. The number of nitrogens with zero attached hydrogens (tertiary/aromatic N) is 2. The Bertz CT molecular complexity index is 1190. The molecule has 1 unspecified atom stereocenters. The second-order valence-electron chi connectivity index (χ2n) is 6.52. The fourth-order valence-electron chi connectivity index (χ4n) is 3.16. The van der Waals surface area contributed by atoms with Crippen LogP contribution in [-0.4, -0.2) is 9.55 Å². The highest BCUT2D eigenvalue weighted by Gasteiger charge is 2.15. The molecular weight excluding hydrogens is 378 g/mol. The van der Waals surface area contributed by atoms with Gasteiger partial charge in [-0.05, 0) is 42.8 Å². The minimum Gasteiger partial charge on any atom is -0.319 e. The molecule has 0 bridgehead atoms. The fraction of sp³-hybridized carbons (Fsp3) is 0.143. The number of hydrogen-bond acceptors (Lipinski definition) is 4. The molecule has 1 aromatic carbocycles. The van der Waals surface area contributed by atoms with Crippen LogP contribution in [0, 0.1) is 6.92 Å². The van der Waals surface area contributed by atoms with Crippen molar-refractivity contribution in [2.24, 2.45) is 12.8 Å². The maximum atomic E-state index is 12.4. The number of aromatic nitrogens is 2. The van der Waals surface area contributed by atoms with Gasteiger partial charge < -0.3 is 10.3 Å². The zero-order valence-corrected chi connectivity index (χ0v) is 16.5. The molecular formula is C21H18ClN3OS. The van der Waals surface area contributed by atoms with Crippen molar-refractivity contribution < 1.29 is 0 Å². The highest BCUT2D eigenvalue weighted by atomic mass is 35.5. The SMILES string of the molecule is Cc1ccc(-c2cc(=O)n(C)c3cnc(C(N)c4ccc(Cl)cc4)cc23)s1. The van der Waals surface area contributed by atoms with Gasteiger partial charge in [-0.15, -0.1) is 11.3 Å². The van der Waals surface area contributed by atoms with Gasteiger partial charge in [0.15, 0.2) is 0 Å². The second kappa shape index (κ2) is 6.93. The summed E-state index contributed by atoms with van der Waals surface area (Å²) >= 11 is 7.64. The Morgan fingerprint density at radius 2 is 1.89 bits per heavy atom. The van der Waals surface area contributed by atoms with Crippen molar-refractivity contribution >= 4 is 33.8 Å². The third kappa shape index (κ3) is 3.30. The van der Waals surface area contributed by atoms with E-state index in [4.69, 9.17) is 17.3 Å². The first kappa shape index (κ1) is 17.9. The lowest BCUT2D eigenvalue weighted by atomic mass is 10.0. The lowest BCUT2D eigenvalue weighted by Crippen LogP contribution is -2.18. The van der Waals surface area contributed by atoms with Crippen LogP contribution in [0.25, 0.3) is 21.3 Å². The molecule has 1 atom stereocenters. The van der Waals surface area contributed by atoms with E-state index in [0.29, 0.717) is 5.02 Å². The second-order valence-corrected chi connectivity index (χ2v) is 8.25. The quantitative estimate of drug-likeness (QED) is 0.548. The molecule has 0 saturated heterocycles. The summed E-state index contributed by atoms with van der Waals surface area (Å²) in [6.07, 6.45) is 1.73. The van der Waals surface area contributed by atoms with E-state index in [2.05, 4.69) is 18.0 Å². The van der Waals surface area contributed by atoms with E-state index in [1.165, 1.54) is 4.88 Å². The minimum absolute atomic E-state index is 0.0555. The molecule has 3 aromatic heterocycles. The van der Waals surface area contributed by atoms with Crippen molar-refractivity contribution in [1.82, 2.24) is 9.55 Å². The zero-order chi connectivity index (χ0) is 19.1. The predicted octanol–water partition coefficient (Wildman–Crippen LogP) is 4.67. The van der Waals surface area contributed by atoms with E-state index >= 15 is 0 Å². The molecule has 27 heavy (non-hydrogen) atoms. The highest BCUT2D eigenvalue weighted by molar-refractivity contribution is 7.15. The molecule has 0 aliphatic carbocycles.